The Labute approximate surface area is 84.4 Å². The van der Waals surface area contributed by atoms with Crippen LogP contribution in [0.25, 0.3) is 6.20 Å². The van der Waals surface area contributed by atoms with E-state index < -0.39 is 11.7 Å². The molecule has 8 heteroatoms. The third-order valence-electron chi connectivity index (χ3n) is 1.57. The van der Waals surface area contributed by atoms with E-state index in [1.807, 2.05) is 0 Å². The molecular formula is C7H10N4O4. The molecule has 0 saturated heterocycles. The van der Waals surface area contributed by atoms with Gasteiger partial charge in [0.25, 0.3) is 0 Å². The molecule has 0 atom stereocenters. The van der Waals surface area contributed by atoms with Gasteiger partial charge in [0.05, 0.1) is 5.57 Å². The Hall–Kier alpha value is -1.96. The number of hydrogen-bond donors (Lipinski definition) is 1. The van der Waals surface area contributed by atoms with Crippen molar-refractivity contribution in [2.75, 3.05) is 7.11 Å². The van der Waals surface area contributed by atoms with Gasteiger partial charge >= 0.3 is 11.7 Å². The molecule has 0 unspecified atom stereocenters. The van der Waals surface area contributed by atoms with Crippen molar-refractivity contribution in [2.45, 2.75) is 13.7 Å². The van der Waals surface area contributed by atoms with Crippen LogP contribution < -0.4 is 5.69 Å². The fourth-order valence-electron chi connectivity index (χ4n) is 0.809. The standard InChI is InChI=1S/C7H10N4O4/c1-5(6(12)13)3-10-7(14)11(4-15-2)9-8-10/h3H,4H2,1-2H3,(H,12,13). The molecule has 8 nitrogen and oxygen atoms in total. The highest BCUT2D eigenvalue weighted by Gasteiger charge is 2.06. The average Bonchev–Trinajstić information content (AvgIpc) is 2.50. The molecule has 0 radical (unpaired) electrons. The minimum Gasteiger partial charge on any atom is -0.478 e. The molecule has 0 amide bonds. The van der Waals surface area contributed by atoms with Crippen LogP contribution in [0.5, 0.6) is 0 Å². The molecule has 1 rings (SSSR count). The molecule has 0 bridgehead atoms. The Balaban J connectivity index is 3.03. The van der Waals surface area contributed by atoms with Gasteiger partial charge in [0.2, 0.25) is 0 Å². The second-order valence-electron chi connectivity index (χ2n) is 2.74. The van der Waals surface area contributed by atoms with Crippen LogP contribution in [0.1, 0.15) is 6.92 Å². The van der Waals surface area contributed by atoms with Crippen LogP contribution in [0.3, 0.4) is 0 Å². The summed E-state index contributed by atoms with van der Waals surface area (Å²) in [6.07, 6.45) is 1.09. The van der Waals surface area contributed by atoms with E-state index in [1.165, 1.54) is 14.0 Å². The summed E-state index contributed by atoms with van der Waals surface area (Å²) in [7, 11) is 1.41. The van der Waals surface area contributed by atoms with E-state index in [2.05, 4.69) is 15.2 Å². The number of nitrogens with zero attached hydrogens (tertiary/aromatic N) is 4. The number of aromatic nitrogens is 4. The van der Waals surface area contributed by atoms with Gasteiger partial charge in [0.1, 0.15) is 6.73 Å². The van der Waals surface area contributed by atoms with Gasteiger partial charge in [-0.2, -0.15) is 9.36 Å². The van der Waals surface area contributed by atoms with Crippen molar-refractivity contribution < 1.29 is 14.6 Å². The molecule has 0 aliphatic carbocycles. The van der Waals surface area contributed by atoms with Crippen LogP contribution in [0, 0.1) is 0 Å². The summed E-state index contributed by atoms with van der Waals surface area (Å²) in [5, 5.41) is 15.5. The zero-order valence-electron chi connectivity index (χ0n) is 8.25. The minimum absolute atomic E-state index is 0.0124. The highest BCUT2D eigenvalue weighted by atomic mass is 16.5. The van der Waals surface area contributed by atoms with Crippen LogP contribution in [-0.2, 0) is 16.3 Å². The third-order valence-corrected chi connectivity index (χ3v) is 1.57. The van der Waals surface area contributed by atoms with E-state index in [4.69, 9.17) is 5.11 Å². The lowest BCUT2D eigenvalue weighted by Gasteiger charge is -1.93. The van der Waals surface area contributed by atoms with Gasteiger partial charge in [-0.15, -0.1) is 0 Å². The van der Waals surface area contributed by atoms with Gasteiger partial charge in [-0.05, 0) is 17.4 Å². The molecule has 0 aliphatic heterocycles. The van der Waals surface area contributed by atoms with Crippen LogP contribution >= 0.6 is 0 Å². The predicted octanol–water partition coefficient (Wildman–Crippen LogP) is -1.01. The van der Waals surface area contributed by atoms with Crippen molar-refractivity contribution >= 4 is 12.2 Å². The van der Waals surface area contributed by atoms with Crippen molar-refractivity contribution in [3.05, 3.63) is 16.1 Å². The molecule has 1 aromatic heterocycles. The van der Waals surface area contributed by atoms with Gasteiger partial charge in [0.15, 0.2) is 0 Å². The number of methoxy groups -OCH3 is 1. The first-order chi connectivity index (χ1) is 7.06. The number of ether oxygens (including phenoxy) is 1. The molecular weight excluding hydrogens is 204 g/mol. The second kappa shape index (κ2) is 4.51. The molecule has 1 heterocycles. The molecule has 0 spiro atoms. The van der Waals surface area contributed by atoms with Crippen molar-refractivity contribution in [3.63, 3.8) is 0 Å². The average molecular weight is 214 g/mol. The van der Waals surface area contributed by atoms with E-state index in [1.54, 1.807) is 0 Å². The number of hydrogen-bond acceptors (Lipinski definition) is 5. The zero-order chi connectivity index (χ0) is 11.4. The minimum atomic E-state index is -1.12. The predicted molar refractivity (Wildman–Crippen MR) is 48.9 cm³/mol. The molecule has 1 N–H and O–H groups in total. The Morgan fingerprint density at radius 3 is 2.80 bits per heavy atom. The first-order valence-corrected chi connectivity index (χ1v) is 3.99. The van der Waals surface area contributed by atoms with Crippen molar-refractivity contribution in [2.24, 2.45) is 0 Å². The van der Waals surface area contributed by atoms with Crippen molar-refractivity contribution in [3.8, 4) is 0 Å². The first kappa shape index (κ1) is 11.1. The number of carbonyl (C=O) groups is 1. The quantitative estimate of drug-likeness (QED) is 0.644. The van der Waals surface area contributed by atoms with E-state index in [0.717, 1.165) is 15.6 Å². The molecule has 15 heavy (non-hydrogen) atoms. The molecule has 0 fully saturated rings. The van der Waals surface area contributed by atoms with Crippen molar-refractivity contribution in [1.29, 1.82) is 0 Å². The number of carboxylic acid groups (broad SMARTS) is 1. The van der Waals surface area contributed by atoms with Gasteiger partial charge in [-0.1, -0.05) is 0 Å². The molecule has 0 saturated carbocycles. The summed E-state index contributed by atoms with van der Waals surface area (Å²) in [4.78, 5) is 21.9. The fraction of sp³-hybridized carbons (Fsp3) is 0.429. The summed E-state index contributed by atoms with van der Waals surface area (Å²) >= 11 is 0. The highest BCUT2D eigenvalue weighted by Crippen LogP contribution is 1.92. The lowest BCUT2D eigenvalue weighted by Crippen LogP contribution is -2.23. The lowest BCUT2D eigenvalue weighted by molar-refractivity contribution is -0.132. The maximum atomic E-state index is 11.4. The van der Waals surface area contributed by atoms with Gasteiger partial charge < -0.3 is 9.84 Å². The Bertz CT molecular complexity index is 444. The van der Waals surface area contributed by atoms with Crippen LogP contribution in [-0.4, -0.2) is 38.0 Å². The van der Waals surface area contributed by atoms with Gasteiger partial charge in [-0.3, -0.25) is 0 Å². The Kier molecular flexibility index (Phi) is 3.34. The van der Waals surface area contributed by atoms with E-state index in [-0.39, 0.29) is 12.3 Å². The fourth-order valence-corrected chi connectivity index (χ4v) is 0.809. The summed E-state index contributed by atoms with van der Waals surface area (Å²) < 4.78 is 6.48. The summed E-state index contributed by atoms with van der Waals surface area (Å²) in [6, 6.07) is 0. The van der Waals surface area contributed by atoms with Crippen LogP contribution in [0.4, 0.5) is 0 Å². The first-order valence-electron chi connectivity index (χ1n) is 3.99. The molecule has 82 valence electrons. The normalized spacial score (nSPS) is 11.7. The number of aliphatic carboxylic acids is 1. The largest absolute Gasteiger partial charge is 0.478 e. The van der Waals surface area contributed by atoms with Crippen molar-refractivity contribution in [1.82, 2.24) is 19.8 Å². The Morgan fingerprint density at radius 2 is 2.27 bits per heavy atom. The lowest BCUT2D eigenvalue weighted by atomic mass is 10.3. The van der Waals surface area contributed by atoms with Crippen LogP contribution in [0.2, 0.25) is 0 Å². The van der Waals surface area contributed by atoms with E-state index >= 15 is 0 Å². The van der Waals surface area contributed by atoms with E-state index in [9.17, 15) is 9.59 Å². The van der Waals surface area contributed by atoms with Gasteiger partial charge in [-0.25, -0.2) is 9.59 Å². The number of rotatable bonds is 4. The SMILES string of the molecule is COCn1nnn(C=C(C)C(=O)O)c1=O. The maximum Gasteiger partial charge on any atom is 0.370 e. The molecule has 0 aliphatic rings. The number of carboxylic acids is 1. The molecule has 0 aromatic carbocycles. The zero-order valence-corrected chi connectivity index (χ0v) is 8.25. The van der Waals surface area contributed by atoms with Gasteiger partial charge in [0, 0.05) is 13.3 Å². The Morgan fingerprint density at radius 1 is 1.60 bits per heavy atom. The molecule has 1 aromatic rings. The number of tetrazole rings is 1. The smallest absolute Gasteiger partial charge is 0.370 e. The second-order valence-corrected chi connectivity index (χ2v) is 2.74. The third kappa shape index (κ3) is 2.50. The maximum absolute atomic E-state index is 11.4. The monoisotopic (exact) mass is 214 g/mol. The van der Waals surface area contributed by atoms with Crippen LogP contribution in [0.15, 0.2) is 10.4 Å². The highest BCUT2D eigenvalue weighted by molar-refractivity contribution is 5.89. The van der Waals surface area contributed by atoms with E-state index in [0.29, 0.717) is 0 Å². The summed E-state index contributed by atoms with van der Waals surface area (Å²) in [5.41, 5.74) is -0.570. The summed E-state index contributed by atoms with van der Waals surface area (Å²) in [6.45, 7) is 1.32. The summed E-state index contributed by atoms with van der Waals surface area (Å²) in [5.74, 6) is -1.12. The topological polar surface area (TPSA) is 99.2 Å².